The Kier molecular flexibility index (Phi) is 5.07. The van der Waals surface area contributed by atoms with Crippen molar-refractivity contribution in [3.05, 3.63) is 0 Å². The van der Waals surface area contributed by atoms with E-state index in [1.807, 2.05) is 0 Å². The van der Waals surface area contributed by atoms with Gasteiger partial charge in [0, 0.05) is 45.3 Å². The summed E-state index contributed by atoms with van der Waals surface area (Å²) < 4.78 is 0. The van der Waals surface area contributed by atoms with Crippen molar-refractivity contribution in [3.8, 4) is 0 Å². The molecule has 0 aromatic rings. The average Bonchev–Trinajstić information content (AvgIpc) is 2.30. The van der Waals surface area contributed by atoms with Crippen LogP contribution in [0.4, 0.5) is 0 Å². The van der Waals surface area contributed by atoms with Crippen LogP contribution in [0.5, 0.6) is 0 Å². The number of hydrogen-bond donors (Lipinski definition) is 2. The zero-order valence-corrected chi connectivity index (χ0v) is 10.7. The maximum atomic E-state index is 3.74. The molecule has 1 saturated carbocycles. The van der Waals surface area contributed by atoms with Gasteiger partial charge in [0.15, 0.2) is 0 Å². The standard InChI is InChI=1S/C13H27N3/c1-12-3-2-4-13(11-12)15-7-10-16-8-5-14-6-9-16/h12-15H,2-11H2,1H3. The quantitative estimate of drug-likeness (QED) is 0.749. The average molecular weight is 225 g/mol. The Balaban J connectivity index is 1.56. The van der Waals surface area contributed by atoms with Gasteiger partial charge < -0.3 is 10.6 Å². The molecule has 3 heteroatoms. The Morgan fingerprint density at radius 3 is 2.81 bits per heavy atom. The number of nitrogens with one attached hydrogen (secondary N) is 2. The van der Waals surface area contributed by atoms with Crippen LogP contribution in [0, 0.1) is 5.92 Å². The van der Waals surface area contributed by atoms with E-state index in [1.165, 1.54) is 65.0 Å². The van der Waals surface area contributed by atoms with E-state index in [2.05, 4.69) is 22.5 Å². The molecule has 3 nitrogen and oxygen atoms in total. The smallest absolute Gasteiger partial charge is 0.0108 e. The summed E-state index contributed by atoms with van der Waals surface area (Å²) in [5.41, 5.74) is 0. The first-order valence-corrected chi connectivity index (χ1v) is 7.01. The van der Waals surface area contributed by atoms with Gasteiger partial charge in [-0.05, 0) is 18.8 Å². The van der Waals surface area contributed by atoms with Crippen LogP contribution in [0.1, 0.15) is 32.6 Å². The van der Waals surface area contributed by atoms with Crippen LogP contribution < -0.4 is 10.6 Å². The third-order valence-electron chi connectivity index (χ3n) is 4.01. The van der Waals surface area contributed by atoms with Crippen molar-refractivity contribution in [2.45, 2.75) is 38.6 Å². The lowest BCUT2D eigenvalue weighted by molar-refractivity contribution is 0.228. The Morgan fingerprint density at radius 1 is 1.25 bits per heavy atom. The second kappa shape index (κ2) is 6.58. The van der Waals surface area contributed by atoms with Gasteiger partial charge in [-0.25, -0.2) is 0 Å². The lowest BCUT2D eigenvalue weighted by Crippen LogP contribution is -2.47. The predicted octanol–water partition coefficient (Wildman–Crippen LogP) is 1.06. The molecule has 0 radical (unpaired) electrons. The largest absolute Gasteiger partial charge is 0.314 e. The van der Waals surface area contributed by atoms with Crippen molar-refractivity contribution in [2.75, 3.05) is 39.3 Å². The van der Waals surface area contributed by atoms with Gasteiger partial charge in [0.1, 0.15) is 0 Å². The molecular weight excluding hydrogens is 198 g/mol. The molecule has 1 aliphatic carbocycles. The van der Waals surface area contributed by atoms with Gasteiger partial charge >= 0.3 is 0 Å². The normalized spacial score (nSPS) is 32.8. The van der Waals surface area contributed by atoms with Crippen LogP contribution in [0.25, 0.3) is 0 Å². The first-order chi connectivity index (χ1) is 7.84. The molecule has 0 spiro atoms. The highest BCUT2D eigenvalue weighted by Gasteiger charge is 2.18. The monoisotopic (exact) mass is 225 g/mol. The van der Waals surface area contributed by atoms with Gasteiger partial charge in [0.25, 0.3) is 0 Å². The predicted molar refractivity (Wildman–Crippen MR) is 68.7 cm³/mol. The highest BCUT2D eigenvalue weighted by molar-refractivity contribution is 4.77. The molecule has 2 N–H and O–H groups in total. The molecule has 2 rings (SSSR count). The van der Waals surface area contributed by atoms with E-state index in [-0.39, 0.29) is 0 Å². The number of rotatable bonds is 4. The Morgan fingerprint density at radius 2 is 2.06 bits per heavy atom. The van der Waals surface area contributed by atoms with Crippen molar-refractivity contribution in [1.82, 2.24) is 15.5 Å². The summed E-state index contributed by atoms with van der Waals surface area (Å²) in [7, 11) is 0. The fourth-order valence-corrected chi connectivity index (χ4v) is 2.98. The van der Waals surface area contributed by atoms with Gasteiger partial charge in [-0.2, -0.15) is 0 Å². The van der Waals surface area contributed by atoms with E-state index < -0.39 is 0 Å². The minimum Gasteiger partial charge on any atom is -0.314 e. The zero-order valence-electron chi connectivity index (χ0n) is 10.7. The second-order valence-corrected chi connectivity index (χ2v) is 5.51. The first kappa shape index (κ1) is 12.3. The molecule has 0 amide bonds. The summed E-state index contributed by atoms with van der Waals surface area (Å²) in [6.07, 6.45) is 5.65. The van der Waals surface area contributed by atoms with Crippen molar-refractivity contribution in [2.24, 2.45) is 5.92 Å². The summed E-state index contributed by atoms with van der Waals surface area (Å²) in [6, 6.07) is 0.798. The molecule has 0 bridgehead atoms. The molecule has 0 aromatic carbocycles. The highest BCUT2D eigenvalue weighted by atomic mass is 15.2. The number of nitrogens with zero attached hydrogens (tertiary/aromatic N) is 1. The van der Waals surface area contributed by atoms with Crippen LogP contribution in [0.2, 0.25) is 0 Å². The SMILES string of the molecule is CC1CCCC(NCCN2CCNCC2)C1. The third-order valence-corrected chi connectivity index (χ3v) is 4.01. The molecule has 1 aliphatic heterocycles. The van der Waals surface area contributed by atoms with Gasteiger partial charge in [-0.15, -0.1) is 0 Å². The van der Waals surface area contributed by atoms with E-state index in [1.54, 1.807) is 0 Å². The zero-order chi connectivity index (χ0) is 11.2. The third kappa shape index (κ3) is 4.04. The van der Waals surface area contributed by atoms with Crippen LogP contribution in [-0.2, 0) is 0 Å². The molecule has 2 atom stereocenters. The molecular formula is C13H27N3. The van der Waals surface area contributed by atoms with Crippen LogP contribution >= 0.6 is 0 Å². The lowest BCUT2D eigenvalue weighted by Gasteiger charge is -2.30. The fraction of sp³-hybridized carbons (Fsp3) is 1.00. The summed E-state index contributed by atoms with van der Waals surface area (Å²) in [5, 5.41) is 7.14. The van der Waals surface area contributed by atoms with Gasteiger partial charge in [0.05, 0.1) is 0 Å². The van der Waals surface area contributed by atoms with E-state index in [0.29, 0.717) is 0 Å². The van der Waals surface area contributed by atoms with Crippen LogP contribution in [0.15, 0.2) is 0 Å². The lowest BCUT2D eigenvalue weighted by atomic mass is 9.87. The fourth-order valence-electron chi connectivity index (χ4n) is 2.98. The molecule has 2 unspecified atom stereocenters. The maximum absolute atomic E-state index is 3.74. The van der Waals surface area contributed by atoms with Crippen molar-refractivity contribution in [1.29, 1.82) is 0 Å². The molecule has 1 saturated heterocycles. The molecule has 1 heterocycles. The van der Waals surface area contributed by atoms with E-state index in [0.717, 1.165) is 12.0 Å². The topological polar surface area (TPSA) is 27.3 Å². The van der Waals surface area contributed by atoms with Gasteiger partial charge in [-0.1, -0.05) is 19.8 Å². The highest BCUT2D eigenvalue weighted by Crippen LogP contribution is 2.23. The first-order valence-electron chi connectivity index (χ1n) is 7.01. The van der Waals surface area contributed by atoms with Crippen LogP contribution in [-0.4, -0.2) is 50.2 Å². The molecule has 16 heavy (non-hydrogen) atoms. The second-order valence-electron chi connectivity index (χ2n) is 5.51. The van der Waals surface area contributed by atoms with E-state index in [4.69, 9.17) is 0 Å². The summed E-state index contributed by atoms with van der Waals surface area (Å²) in [5.74, 6) is 0.936. The summed E-state index contributed by atoms with van der Waals surface area (Å²) in [6.45, 7) is 9.58. The van der Waals surface area contributed by atoms with Gasteiger partial charge in [0.2, 0.25) is 0 Å². The maximum Gasteiger partial charge on any atom is 0.0108 e. The van der Waals surface area contributed by atoms with E-state index in [9.17, 15) is 0 Å². The Hall–Kier alpha value is -0.120. The molecule has 2 fully saturated rings. The minimum atomic E-state index is 0.798. The van der Waals surface area contributed by atoms with Crippen LogP contribution in [0.3, 0.4) is 0 Å². The summed E-state index contributed by atoms with van der Waals surface area (Å²) in [4.78, 5) is 2.57. The number of piperazine rings is 1. The van der Waals surface area contributed by atoms with Crippen molar-refractivity contribution >= 4 is 0 Å². The summed E-state index contributed by atoms with van der Waals surface area (Å²) >= 11 is 0. The Bertz CT molecular complexity index is 190. The molecule has 0 aromatic heterocycles. The van der Waals surface area contributed by atoms with Crippen molar-refractivity contribution < 1.29 is 0 Å². The Labute approximate surface area is 100.0 Å². The molecule has 94 valence electrons. The number of hydrogen-bond acceptors (Lipinski definition) is 3. The van der Waals surface area contributed by atoms with Crippen molar-refractivity contribution in [3.63, 3.8) is 0 Å². The van der Waals surface area contributed by atoms with Gasteiger partial charge in [-0.3, -0.25) is 4.90 Å². The minimum absolute atomic E-state index is 0.798. The molecule has 2 aliphatic rings. The van der Waals surface area contributed by atoms with E-state index >= 15 is 0 Å².